The zero-order valence-electron chi connectivity index (χ0n) is 18.1. The predicted molar refractivity (Wildman–Crippen MR) is 117 cm³/mol. The number of esters is 2. The molecule has 1 aromatic heterocycles. The zero-order valence-corrected chi connectivity index (χ0v) is 18.9. The molecule has 1 atom stereocenters. The Bertz CT molecular complexity index is 954. The molecule has 0 bridgehead atoms. The summed E-state index contributed by atoms with van der Waals surface area (Å²) in [5.41, 5.74) is 1.26. The number of rotatable bonds is 7. The first-order valence-electron chi connectivity index (χ1n) is 10.4. The van der Waals surface area contributed by atoms with E-state index in [4.69, 9.17) is 9.47 Å². The molecule has 2 aromatic rings. The summed E-state index contributed by atoms with van der Waals surface area (Å²) in [5.74, 6) is -1.73. The first-order chi connectivity index (χ1) is 14.6. The Balaban J connectivity index is 1.65. The first-order valence-corrected chi connectivity index (χ1v) is 11.2. The number of carboxylic acids is 1. The van der Waals surface area contributed by atoms with Crippen LogP contribution < -0.4 is 0 Å². The molecule has 1 aliphatic carbocycles. The maximum Gasteiger partial charge on any atom is 0.337 e. The second kappa shape index (κ2) is 9.64. The number of thiophene rings is 1. The van der Waals surface area contributed by atoms with E-state index in [0.717, 1.165) is 22.4 Å². The number of carbonyl (C=O) groups excluding carboxylic acids is 2. The number of aromatic carboxylic acids is 1. The monoisotopic (exact) mass is 444 g/mol. The number of hydrogen-bond acceptors (Lipinski definition) is 6. The van der Waals surface area contributed by atoms with Crippen LogP contribution in [-0.4, -0.2) is 28.6 Å². The smallest absolute Gasteiger partial charge is 0.337 e. The highest BCUT2D eigenvalue weighted by Gasteiger charge is 2.31. The molecule has 166 valence electrons. The van der Waals surface area contributed by atoms with Gasteiger partial charge in [0.2, 0.25) is 0 Å². The normalized spacial score (nSPS) is 15.8. The molecule has 0 saturated heterocycles. The summed E-state index contributed by atoms with van der Waals surface area (Å²) in [4.78, 5) is 38.0. The van der Waals surface area contributed by atoms with Crippen LogP contribution in [-0.2, 0) is 44.9 Å². The Hall–Kier alpha value is -2.67. The van der Waals surface area contributed by atoms with Crippen molar-refractivity contribution in [1.29, 1.82) is 0 Å². The minimum absolute atomic E-state index is 0.0258. The Morgan fingerprint density at radius 2 is 1.84 bits per heavy atom. The van der Waals surface area contributed by atoms with Crippen LogP contribution in [0.25, 0.3) is 0 Å². The van der Waals surface area contributed by atoms with Gasteiger partial charge in [-0.3, -0.25) is 9.59 Å². The molecule has 6 nitrogen and oxygen atoms in total. The minimum Gasteiger partial charge on any atom is -0.478 e. The van der Waals surface area contributed by atoms with Gasteiger partial charge in [-0.15, -0.1) is 11.3 Å². The maximum absolute atomic E-state index is 12.3. The molecule has 1 N–H and O–H groups in total. The zero-order chi connectivity index (χ0) is 22.6. The van der Waals surface area contributed by atoms with E-state index < -0.39 is 17.5 Å². The molecule has 0 fully saturated rings. The lowest BCUT2D eigenvalue weighted by Gasteiger charge is -2.22. The Morgan fingerprint density at radius 1 is 1.13 bits per heavy atom. The van der Waals surface area contributed by atoms with Gasteiger partial charge in [0.25, 0.3) is 0 Å². The maximum atomic E-state index is 12.3. The van der Waals surface area contributed by atoms with E-state index >= 15 is 0 Å². The summed E-state index contributed by atoms with van der Waals surface area (Å²) in [7, 11) is 0. The van der Waals surface area contributed by atoms with Crippen molar-refractivity contribution in [2.24, 2.45) is 5.92 Å². The van der Waals surface area contributed by atoms with Crippen molar-refractivity contribution in [2.75, 3.05) is 0 Å². The molecule has 7 heteroatoms. The van der Waals surface area contributed by atoms with Crippen LogP contribution in [0.3, 0.4) is 0 Å². The van der Waals surface area contributed by atoms with Crippen molar-refractivity contribution in [2.45, 2.75) is 65.1 Å². The number of carbonyl (C=O) groups is 3. The van der Waals surface area contributed by atoms with Gasteiger partial charge in [0, 0.05) is 16.2 Å². The Kier molecular flexibility index (Phi) is 7.15. The van der Waals surface area contributed by atoms with Crippen LogP contribution in [0, 0.1) is 5.92 Å². The molecule has 0 saturated carbocycles. The lowest BCUT2D eigenvalue weighted by molar-refractivity contribution is -0.154. The highest BCUT2D eigenvalue weighted by molar-refractivity contribution is 7.12. The van der Waals surface area contributed by atoms with E-state index in [9.17, 15) is 19.5 Å². The third kappa shape index (κ3) is 6.40. The summed E-state index contributed by atoms with van der Waals surface area (Å²) in [6.07, 6.45) is 2.19. The molecule has 1 aliphatic rings. The average Bonchev–Trinajstić information content (AvgIpc) is 3.02. The molecule has 3 rings (SSSR count). The predicted octanol–water partition coefficient (Wildman–Crippen LogP) is 4.57. The van der Waals surface area contributed by atoms with E-state index in [1.54, 1.807) is 20.8 Å². The van der Waals surface area contributed by atoms with E-state index in [-0.39, 0.29) is 36.9 Å². The van der Waals surface area contributed by atoms with E-state index in [1.807, 2.05) is 30.3 Å². The summed E-state index contributed by atoms with van der Waals surface area (Å²) < 4.78 is 10.7. The van der Waals surface area contributed by atoms with Gasteiger partial charge in [-0.2, -0.15) is 0 Å². The molecular weight excluding hydrogens is 416 g/mol. The molecule has 1 aromatic carbocycles. The average molecular weight is 445 g/mol. The van der Waals surface area contributed by atoms with Crippen LogP contribution in [0.5, 0.6) is 0 Å². The number of aryl methyl sites for hydroxylation is 1. The molecular formula is C24H28O6S. The fraction of sp³-hybridized carbons (Fsp3) is 0.458. The summed E-state index contributed by atoms with van der Waals surface area (Å²) in [5, 5.41) is 9.80. The molecule has 31 heavy (non-hydrogen) atoms. The highest BCUT2D eigenvalue weighted by Crippen LogP contribution is 2.38. The van der Waals surface area contributed by atoms with Crippen molar-refractivity contribution >= 4 is 29.2 Å². The largest absolute Gasteiger partial charge is 0.478 e. The summed E-state index contributed by atoms with van der Waals surface area (Å²) >= 11 is 1.38. The minimum atomic E-state index is -1.04. The van der Waals surface area contributed by atoms with Crippen LogP contribution in [0.1, 0.15) is 64.9 Å². The topological polar surface area (TPSA) is 89.9 Å². The second-order valence-corrected chi connectivity index (χ2v) is 10.0. The Morgan fingerprint density at radius 3 is 2.48 bits per heavy atom. The lowest BCUT2D eigenvalue weighted by atomic mass is 9.84. The fourth-order valence-corrected chi connectivity index (χ4v) is 5.13. The molecule has 0 spiro atoms. The highest BCUT2D eigenvalue weighted by atomic mass is 32.1. The third-order valence-corrected chi connectivity index (χ3v) is 6.36. The molecule has 0 amide bonds. The van der Waals surface area contributed by atoms with Crippen LogP contribution in [0.15, 0.2) is 30.3 Å². The van der Waals surface area contributed by atoms with E-state index in [2.05, 4.69) is 0 Å². The van der Waals surface area contributed by atoms with Gasteiger partial charge >= 0.3 is 17.9 Å². The second-order valence-electron chi connectivity index (χ2n) is 8.83. The van der Waals surface area contributed by atoms with E-state index in [0.29, 0.717) is 17.7 Å². The van der Waals surface area contributed by atoms with Gasteiger partial charge in [-0.1, -0.05) is 30.3 Å². The Labute approximate surface area is 186 Å². The lowest BCUT2D eigenvalue weighted by Crippen LogP contribution is -2.25. The van der Waals surface area contributed by atoms with Crippen molar-refractivity contribution in [3.8, 4) is 0 Å². The van der Waals surface area contributed by atoms with Gasteiger partial charge in [0.05, 0.1) is 12.0 Å². The summed E-state index contributed by atoms with van der Waals surface area (Å²) in [6, 6.07) is 9.49. The van der Waals surface area contributed by atoms with Crippen molar-refractivity contribution in [3.05, 3.63) is 56.8 Å². The number of ether oxygens (including phenoxy) is 2. The van der Waals surface area contributed by atoms with E-state index in [1.165, 1.54) is 11.3 Å². The number of fused-ring (bicyclic) bond motifs is 1. The van der Waals surface area contributed by atoms with Gasteiger partial charge in [0.15, 0.2) is 0 Å². The summed E-state index contributed by atoms with van der Waals surface area (Å²) in [6.45, 7) is 5.58. The number of hydrogen-bond donors (Lipinski definition) is 1. The molecule has 0 radical (unpaired) electrons. The van der Waals surface area contributed by atoms with Crippen molar-refractivity contribution in [3.63, 3.8) is 0 Å². The third-order valence-electron chi connectivity index (χ3n) is 5.07. The van der Waals surface area contributed by atoms with Gasteiger partial charge in [-0.25, -0.2) is 4.79 Å². The first kappa shape index (κ1) is 23.0. The standard InChI is InChI=1S/C24H28O6S/c1-24(2,3)30-21(26)13-19-22(23(27)28)17-11-16(9-10-18(17)31-19)12-20(25)29-14-15-7-5-4-6-8-15/h4-8,16H,9-14H2,1-3H3,(H,27,28). The molecule has 1 heterocycles. The number of benzene rings is 1. The van der Waals surface area contributed by atoms with Gasteiger partial charge in [-0.05, 0) is 57.1 Å². The van der Waals surface area contributed by atoms with Crippen LogP contribution >= 0.6 is 11.3 Å². The van der Waals surface area contributed by atoms with Gasteiger partial charge < -0.3 is 14.6 Å². The quantitative estimate of drug-likeness (QED) is 0.629. The van der Waals surface area contributed by atoms with Crippen LogP contribution in [0.4, 0.5) is 0 Å². The van der Waals surface area contributed by atoms with Crippen LogP contribution in [0.2, 0.25) is 0 Å². The van der Waals surface area contributed by atoms with Gasteiger partial charge in [0.1, 0.15) is 12.2 Å². The van der Waals surface area contributed by atoms with Crippen molar-refractivity contribution < 1.29 is 29.0 Å². The molecule has 1 unspecified atom stereocenters. The SMILES string of the molecule is CC(C)(C)OC(=O)Cc1sc2c(c1C(=O)O)CC(CC(=O)OCc1ccccc1)CC2. The number of carboxylic acid groups (broad SMARTS) is 1. The molecule has 0 aliphatic heterocycles. The fourth-order valence-electron chi connectivity index (χ4n) is 3.80. The van der Waals surface area contributed by atoms with Crippen molar-refractivity contribution in [1.82, 2.24) is 0 Å².